The Morgan fingerprint density at radius 1 is 0.893 bits per heavy atom. The topological polar surface area (TPSA) is 84.6 Å². The fourth-order valence-corrected chi connectivity index (χ4v) is 3.25. The average molecular weight is 393 g/mol. The van der Waals surface area contributed by atoms with Crippen molar-refractivity contribution in [1.29, 1.82) is 0 Å². The van der Waals surface area contributed by atoms with E-state index in [1.54, 1.807) is 12.1 Å². The van der Waals surface area contributed by atoms with Crippen molar-refractivity contribution in [3.05, 3.63) is 23.7 Å². The Bertz CT molecular complexity index is 631. The monoisotopic (exact) mass is 392 g/mol. The van der Waals surface area contributed by atoms with Crippen LogP contribution in [-0.4, -0.2) is 22.6 Å². The molecule has 0 saturated carbocycles. The number of carbonyl (C=O) groups is 3. The van der Waals surface area contributed by atoms with Gasteiger partial charge in [-0.25, -0.2) is 0 Å². The molecule has 1 atom stereocenters. The second-order valence-electron chi connectivity index (χ2n) is 7.78. The third-order valence-electron chi connectivity index (χ3n) is 5.36. The zero-order chi connectivity index (χ0) is 21.0. The third-order valence-corrected chi connectivity index (χ3v) is 5.36. The van der Waals surface area contributed by atoms with E-state index in [-0.39, 0.29) is 24.4 Å². The Labute approximate surface area is 168 Å². The molecule has 1 N–H and O–H groups in total. The SMILES string of the molecule is CCCCCCC(=O)CCC(=O)C(C)(C(=O)O)c1ccc(CCCCCC)o1. The molecule has 0 amide bonds. The lowest BCUT2D eigenvalue weighted by Gasteiger charge is -2.21. The van der Waals surface area contributed by atoms with E-state index in [1.807, 2.05) is 0 Å². The van der Waals surface area contributed by atoms with Gasteiger partial charge in [-0.05, 0) is 31.9 Å². The number of hydrogen-bond acceptors (Lipinski definition) is 4. The molecule has 0 radical (unpaired) electrons. The van der Waals surface area contributed by atoms with Gasteiger partial charge in [0.15, 0.2) is 11.2 Å². The maximum Gasteiger partial charge on any atom is 0.324 e. The third kappa shape index (κ3) is 7.25. The molecule has 1 heterocycles. The van der Waals surface area contributed by atoms with Gasteiger partial charge < -0.3 is 9.52 Å². The van der Waals surface area contributed by atoms with Gasteiger partial charge in [0.25, 0.3) is 0 Å². The first-order chi connectivity index (χ1) is 13.4. The average Bonchev–Trinajstić information content (AvgIpc) is 3.15. The second-order valence-corrected chi connectivity index (χ2v) is 7.78. The molecule has 0 aliphatic carbocycles. The summed E-state index contributed by atoms with van der Waals surface area (Å²) in [5.74, 6) is -0.828. The van der Waals surface area contributed by atoms with Crippen LogP contribution in [0.25, 0.3) is 0 Å². The summed E-state index contributed by atoms with van der Waals surface area (Å²) in [6, 6.07) is 3.35. The van der Waals surface area contributed by atoms with Crippen molar-refractivity contribution >= 4 is 17.5 Å². The Hall–Kier alpha value is -1.91. The summed E-state index contributed by atoms with van der Waals surface area (Å²) < 4.78 is 5.72. The van der Waals surface area contributed by atoms with Gasteiger partial charge >= 0.3 is 5.97 Å². The first-order valence-electron chi connectivity index (χ1n) is 10.7. The lowest BCUT2D eigenvalue weighted by atomic mass is 9.81. The second kappa shape index (κ2) is 12.5. The molecule has 1 unspecified atom stereocenters. The molecule has 0 fully saturated rings. The fourth-order valence-electron chi connectivity index (χ4n) is 3.25. The summed E-state index contributed by atoms with van der Waals surface area (Å²) in [5.41, 5.74) is -1.75. The molecule has 0 aromatic carbocycles. The summed E-state index contributed by atoms with van der Waals surface area (Å²) in [5, 5.41) is 9.71. The van der Waals surface area contributed by atoms with E-state index in [9.17, 15) is 19.5 Å². The van der Waals surface area contributed by atoms with E-state index in [0.29, 0.717) is 12.2 Å². The van der Waals surface area contributed by atoms with Crippen LogP contribution in [0, 0.1) is 0 Å². The maximum absolute atomic E-state index is 12.7. The van der Waals surface area contributed by atoms with Crippen molar-refractivity contribution in [3.8, 4) is 0 Å². The molecule has 1 aromatic rings. The van der Waals surface area contributed by atoms with E-state index >= 15 is 0 Å². The standard InChI is InChI=1S/C23H36O5/c1-4-6-8-10-12-18(24)14-16-20(25)23(3,22(26)27)21-17-15-19(28-21)13-11-9-7-5-2/h15,17H,4-14,16H2,1-3H3,(H,26,27). The van der Waals surface area contributed by atoms with Gasteiger partial charge in [0.05, 0.1) is 0 Å². The van der Waals surface area contributed by atoms with Crippen LogP contribution in [0.1, 0.15) is 103 Å². The molecule has 158 valence electrons. The number of Topliss-reactive ketones (excluding diaryl/α,β-unsaturated/α-hetero) is 2. The molecular weight excluding hydrogens is 356 g/mol. The minimum atomic E-state index is -1.75. The number of hydrogen-bond donors (Lipinski definition) is 1. The minimum absolute atomic E-state index is 0.0215. The van der Waals surface area contributed by atoms with Gasteiger partial charge in [-0.3, -0.25) is 14.4 Å². The Morgan fingerprint density at radius 3 is 2.14 bits per heavy atom. The summed E-state index contributed by atoms with van der Waals surface area (Å²) in [4.78, 5) is 36.6. The van der Waals surface area contributed by atoms with Crippen LogP contribution in [-0.2, 0) is 26.2 Å². The number of carboxylic acids is 1. The first-order valence-corrected chi connectivity index (χ1v) is 10.7. The lowest BCUT2D eigenvalue weighted by Crippen LogP contribution is -2.40. The summed E-state index contributed by atoms with van der Waals surface area (Å²) in [6.45, 7) is 5.63. The molecule has 28 heavy (non-hydrogen) atoms. The number of unbranched alkanes of at least 4 members (excludes halogenated alkanes) is 6. The number of carbonyl (C=O) groups excluding carboxylic acids is 2. The fraction of sp³-hybridized carbons (Fsp3) is 0.696. The zero-order valence-corrected chi connectivity index (χ0v) is 17.7. The van der Waals surface area contributed by atoms with Gasteiger partial charge in [0, 0.05) is 25.7 Å². The molecule has 0 aliphatic heterocycles. The van der Waals surface area contributed by atoms with Gasteiger partial charge in [-0.15, -0.1) is 0 Å². The molecule has 5 nitrogen and oxygen atoms in total. The number of furan rings is 1. The number of carboxylic acid groups (broad SMARTS) is 1. The highest BCUT2D eigenvalue weighted by Crippen LogP contribution is 2.30. The highest BCUT2D eigenvalue weighted by molar-refractivity contribution is 6.08. The number of rotatable bonds is 16. The van der Waals surface area contributed by atoms with Gasteiger partial charge in [0.1, 0.15) is 17.3 Å². The molecule has 5 heteroatoms. The van der Waals surface area contributed by atoms with Crippen LogP contribution in [0.15, 0.2) is 16.5 Å². The Balaban J connectivity index is 2.66. The van der Waals surface area contributed by atoms with E-state index in [4.69, 9.17) is 4.42 Å². The van der Waals surface area contributed by atoms with Crippen molar-refractivity contribution in [2.24, 2.45) is 0 Å². The van der Waals surface area contributed by atoms with Gasteiger partial charge in [0.2, 0.25) is 0 Å². The number of aryl methyl sites for hydroxylation is 1. The maximum atomic E-state index is 12.7. The lowest BCUT2D eigenvalue weighted by molar-refractivity contribution is -0.149. The molecule has 0 spiro atoms. The largest absolute Gasteiger partial charge is 0.480 e. The van der Waals surface area contributed by atoms with Crippen molar-refractivity contribution < 1.29 is 23.9 Å². The van der Waals surface area contributed by atoms with Crippen LogP contribution >= 0.6 is 0 Å². The van der Waals surface area contributed by atoms with Crippen molar-refractivity contribution in [2.45, 2.75) is 103 Å². The quantitative estimate of drug-likeness (QED) is 0.291. The van der Waals surface area contributed by atoms with Crippen LogP contribution < -0.4 is 0 Å². The molecule has 1 rings (SSSR count). The van der Waals surface area contributed by atoms with Crippen molar-refractivity contribution in [3.63, 3.8) is 0 Å². The van der Waals surface area contributed by atoms with Crippen LogP contribution in [0.4, 0.5) is 0 Å². The summed E-state index contributed by atoms with van der Waals surface area (Å²) in [6.07, 6.45) is 9.65. The van der Waals surface area contributed by atoms with Gasteiger partial charge in [-0.1, -0.05) is 52.4 Å². The van der Waals surface area contributed by atoms with Gasteiger partial charge in [-0.2, -0.15) is 0 Å². The summed E-state index contributed by atoms with van der Waals surface area (Å²) >= 11 is 0. The van der Waals surface area contributed by atoms with Crippen LogP contribution in [0.5, 0.6) is 0 Å². The van der Waals surface area contributed by atoms with E-state index in [2.05, 4.69) is 13.8 Å². The highest BCUT2D eigenvalue weighted by atomic mass is 16.4. The summed E-state index contributed by atoms with van der Waals surface area (Å²) in [7, 11) is 0. The Morgan fingerprint density at radius 2 is 1.54 bits per heavy atom. The van der Waals surface area contributed by atoms with Crippen molar-refractivity contribution in [2.75, 3.05) is 0 Å². The predicted octanol–water partition coefficient (Wildman–Crippen LogP) is 5.63. The predicted molar refractivity (Wildman–Crippen MR) is 110 cm³/mol. The molecule has 0 aliphatic rings. The van der Waals surface area contributed by atoms with E-state index in [0.717, 1.165) is 57.8 Å². The number of aliphatic carboxylic acids is 1. The molecule has 0 bridgehead atoms. The molecule has 1 aromatic heterocycles. The Kier molecular flexibility index (Phi) is 10.8. The normalized spacial score (nSPS) is 13.2. The zero-order valence-electron chi connectivity index (χ0n) is 17.7. The van der Waals surface area contributed by atoms with E-state index < -0.39 is 17.2 Å². The van der Waals surface area contributed by atoms with Crippen molar-refractivity contribution in [1.82, 2.24) is 0 Å². The smallest absolute Gasteiger partial charge is 0.324 e. The highest BCUT2D eigenvalue weighted by Gasteiger charge is 2.45. The minimum Gasteiger partial charge on any atom is -0.480 e. The van der Waals surface area contributed by atoms with Crippen LogP contribution in [0.3, 0.4) is 0 Å². The van der Waals surface area contributed by atoms with Crippen LogP contribution in [0.2, 0.25) is 0 Å². The number of ketones is 2. The van der Waals surface area contributed by atoms with E-state index in [1.165, 1.54) is 6.92 Å². The molecular formula is C23H36O5. The first kappa shape index (κ1) is 24.1. The molecule has 0 saturated heterocycles.